The molecule has 1 aromatic heterocycles. The summed E-state index contributed by atoms with van der Waals surface area (Å²) < 4.78 is 0. The Balaban J connectivity index is 1.76. The van der Waals surface area contributed by atoms with E-state index in [1.807, 2.05) is 11.4 Å². The molecule has 1 aliphatic rings. The summed E-state index contributed by atoms with van der Waals surface area (Å²) in [6.45, 7) is 0. The van der Waals surface area contributed by atoms with E-state index in [1.165, 1.54) is 29.9 Å². The Hall–Kier alpha value is -2.21. The SMILES string of the molecule is O=C(O)c1cccc(-c2csc(NN=C3CCCC3)n2)c1. The van der Waals surface area contributed by atoms with E-state index in [-0.39, 0.29) is 5.56 Å². The van der Waals surface area contributed by atoms with Crippen LogP contribution in [0.2, 0.25) is 0 Å². The van der Waals surface area contributed by atoms with Gasteiger partial charge in [-0.05, 0) is 37.8 Å². The number of anilines is 1. The monoisotopic (exact) mass is 301 g/mol. The third-order valence-electron chi connectivity index (χ3n) is 3.40. The van der Waals surface area contributed by atoms with Crippen LogP contribution in [0, 0.1) is 0 Å². The van der Waals surface area contributed by atoms with Crippen molar-refractivity contribution in [3.05, 3.63) is 35.2 Å². The maximum atomic E-state index is 11.0. The summed E-state index contributed by atoms with van der Waals surface area (Å²) in [7, 11) is 0. The summed E-state index contributed by atoms with van der Waals surface area (Å²) in [4.78, 5) is 15.4. The van der Waals surface area contributed by atoms with Gasteiger partial charge in [-0.25, -0.2) is 9.78 Å². The number of hydrazone groups is 1. The van der Waals surface area contributed by atoms with Crippen LogP contribution in [0.15, 0.2) is 34.7 Å². The Labute approximate surface area is 126 Å². The van der Waals surface area contributed by atoms with E-state index in [1.54, 1.807) is 18.2 Å². The van der Waals surface area contributed by atoms with Gasteiger partial charge in [-0.15, -0.1) is 11.3 Å². The van der Waals surface area contributed by atoms with Gasteiger partial charge in [0.15, 0.2) is 0 Å². The van der Waals surface area contributed by atoms with E-state index in [9.17, 15) is 4.79 Å². The lowest BCUT2D eigenvalue weighted by Crippen LogP contribution is -1.97. The van der Waals surface area contributed by atoms with Crippen LogP contribution in [-0.4, -0.2) is 21.8 Å². The molecule has 0 radical (unpaired) electrons. The number of carboxylic acid groups (broad SMARTS) is 1. The van der Waals surface area contributed by atoms with E-state index in [2.05, 4.69) is 15.5 Å². The molecular weight excluding hydrogens is 286 g/mol. The molecular formula is C15H15N3O2S. The van der Waals surface area contributed by atoms with Crippen LogP contribution in [0.4, 0.5) is 5.13 Å². The molecule has 1 heterocycles. The number of thiazole rings is 1. The average Bonchev–Trinajstić information content (AvgIpc) is 3.17. The van der Waals surface area contributed by atoms with Crippen molar-refractivity contribution < 1.29 is 9.90 Å². The maximum absolute atomic E-state index is 11.0. The van der Waals surface area contributed by atoms with Crippen molar-refractivity contribution in [1.82, 2.24) is 4.98 Å². The number of nitrogens with one attached hydrogen (secondary N) is 1. The summed E-state index contributed by atoms with van der Waals surface area (Å²) >= 11 is 1.47. The molecule has 1 aromatic carbocycles. The molecule has 0 atom stereocenters. The number of nitrogens with zero attached hydrogens (tertiary/aromatic N) is 2. The topological polar surface area (TPSA) is 74.6 Å². The fraction of sp³-hybridized carbons (Fsp3) is 0.267. The van der Waals surface area contributed by atoms with Crippen LogP contribution in [0.1, 0.15) is 36.0 Å². The molecule has 5 nitrogen and oxygen atoms in total. The highest BCUT2D eigenvalue weighted by atomic mass is 32.1. The predicted molar refractivity (Wildman–Crippen MR) is 84.0 cm³/mol. The standard InChI is InChI=1S/C15H15N3O2S/c19-14(20)11-5-3-4-10(8-11)13-9-21-15(16-13)18-17-12-6-1-2-7-12/h3-5,8-9H,1-2,6-7H2,(H,16,18)(H,19,20). The van der Waals surface area contributed by atoms with Crippen molar-refractivity contribution in [2.45, 2.75) is 25.7 Å². The zero-order chi connectivity index (χ0) is 14.7. The minimum atomic E-state index is -0.932. The Morgan fingerprint density at radius 3 is 2.90 bits per heavy atom. The molecule has 108 valence electrons. The first-order valence-corrected chi connectivity index (χ1v) is 7.71. The predicted octanol–water partition coefficient (Wildman–Crippen LogP) is 3.85. The first-order chi connectivity index (χ1) is 10.2. The zero-order valence-corrected chi connectivity index (χ0v) is 12.2. The molecule has 0 aliphatic heterocycles. The van der Waals surface area contributed by atoms with Crippen molar-refractivity contribution in [3.8, 4) is 11.3 Å². The molecule has 6 heteroatoms. The number of hydrogen-bond donors (Lipinski definition) is 2. The first-order valence-electron chi connectivity index (χ1n) is 6.83. The molecule has 2 N–H and O–H groups in total. The van der Waals surface area contributed by atoms with Gasteiger partial charge < -0.3 is 5.11 Å². The number of carbonyl (C=O) groups is 1. The van der Waals surface area contributed by atoms with E-state index in [0.29, 0.717) is 0 Å². The fourth-order valence-electron chi connectivity index (χ4n) is 2.29. The Morgan fingerprint density at radius 2 is 2.14 bits per heavy atom. The molecule has 21 heavy (non-hydrogen) atoms. The average molecular weight is 301 g/mol. The summed E-state index contributed by atoms with van der Waals surface area (Å²) in [6.07, 6.45) is 4.55. The Kier molecular flexibility index (Phi) is 3.96. The Morgan fingerprint density at radius 1 is 1.33 bits per heavy atom. The molecule has 1 fully saturated rings. The minimum absolute atomic E-state index is 0.265. The Bertz CT molecular complexity index is 686. The second-order valence-electron chi connectivity index (χ2n) is 4.92. The molecule has 0 saturated heterocycles. The van der Waals surface area contributed by atoms with Crippen molar-refractivity contribution in [3.63, 3.8) is 0 Å². The number of aromatic carboxylic acids is 1. The lowest BCUT2D eigenvalue weighted by Gasteiger charge is -1.99. The summed E-state index contributed by atoms with van der Waals surface area (Å²) in [6, 6.07) is 6.78. The van der Waals surface area contributed by atoms with Crippen LogP contribution in [-0.2, 0) is 0 Å². The number of aromatic nitrogens is 1. The van der Waals surface area contributed by atoms with E-state index < -0.39 is 5.97 Å². The van der Waals surface area contributed by atoms with E-state index in [0.717, 1.165) is 29.2 Å². The van der Waals surface area contributed by atoms with Gasteiger partial charge in [0.05, 0.1) is 11.3 Å². The number of rotatable bonds is 4. The van der Waals surface area contributed by atoms with E-state index >= 15 is 0 Å². The van der Waals surface area contributed by atoms with Crippen molar-refractivity contribution in [1.29, 1.82) is 0 Å². The summed E-state index contributed by atoms with van der Waals surface area (Å²) in [5.74, 6) is -0.932. The zero-order valence-electron chi connectivity index (χ0n) is 11.4. The molecule has 0 unspecified atom stereocenters. The molecule has 1 aliphatic carbocycles. The van der Waals surface area contributed by atoms with Gasteiger partial charge in [0.1, 0.15) is 0 Å². The van der Waals surface area contributed by atoms with Crippen molar-refractivity contribution in [2.75, 3.05) is 5.43 Å². The second-order valence-corrected chi connectivity index (χ2v) is 5.78. The second kappa shape index (κ2) is 6.05. The molecule has 0 spiro atoms. The lowest BCUT2D eigenvalue weighted by molar-refractivity contribution is 0.0697. The number of hydrogen-bond acceptors (Lipinski definition) is 5. The third-order valence-corrected chi connectivity index (χ3v) is 4.15. The highest BCUT2D eigenvalue weighted by molar-refractivity contribution is 7.14. The highest BCUT2D eigenvalue weighted by Gasteiger charge is 2.10. The molecule has 0 bridgehead atoms. The van der Waals surface area contributed by atoms with Gasteiger partial charge in [-0.3, -0.25) is 5.43 Å². The highest BCUT2D eigenvalue weighted by Crippen LogP contribution is 2.26. The van der Waals surface area contributed by atoms with Crippen molar-refractivity contribution >= 4 is 28.1 Å². The molecule has 0 amide bonds. The van der Waals surface area contributed by atoms with Gasteiger partial charge >= 0.3 is 5.97 Å². The first kappa shape index (κ1) is 13.8. The largest absolute Gasteiger partial charge is 0.478 e. The van der Waals surface area contributed by atoms with Gasteiger partial charge in [-0.1, -0.05) is 12.1 Å². The van der Waals surface area contributed by atoms with Crippen molar-refractivity contribution in [2.24, 2.45) is 5.10 Å². The van der Waals surface area contributed by atoms with Crippen LogP contribution in [0.3, 0.4) is 0 Å². The molecule has 2 aromatic rings. The van der Waals surface area contributed by atoms with Gasteiger partial charge in [-0.2, -0.15) is 5.10 Å². The quantitative estimate of drug-likeness (QED) is 0.841. The molecule has 1 saturated carbocycles. The number of benzene rings is 1. The van der Waals surface area contributed by atoms with Gasteiger partial charge in [0, 0.05) is 16.7 Å². The number of carboxylic acids is 1. The third kappa shape index (κ3) is 3.28. The smallest absolute Gasteiger partial charge is 0.335 e. The fourth-order valence-corrected chi connectivity index (χ4v) is 2.95. The summed E-state index contributed by atoms with van der Waals surface area (Å²) in [5.41, 5.74) is 6.01. The van der Waals surface area contributed by atoms with Gasteiger partial charge in [0.25, 0.3) is 0 Å². The lowest BCUT2D eigenvalue weighted by atomic mass is 10.1. The van der Waals surface area contributed by atoms with E-state index in [4.69, 9.17) is 5.11 Å². The van der Waals surface area contributed by atoms with Crippen LogP contribution < -0.4 is 5.43 Å². The van der Waals surface area contributed by atoms with Gasteiger partial charge in [0.2, 0.25) is 5.13 Å². The minimum Gasteiger partial charge on any atom is -0.478 e. The summed E-state index contributed by atoms with van der Waals surface area (Å²) in [5, 5.41) is 16.0. The van der Waals surface area contributed by atoms with Crippen LogP contribution in [0.5, 0.6) is 0 Å². The normalized spacial score (nSPS) is 14.2. The van der Waals surface area contributed by atoms with Crippen LogP contribution in [0.25, 0.3) is 11.3 Å². The van der Waals surface area contributed by atoms with Crippen LogP contribution >= 0.6 is 11.3 Å². The molecule has 3 rings (SSSR count). The maximum Gasteiger partial charge on any atom is 0.335 e.